The highest BCUT2D eigenvalue weighted by Crippen LogP contribution is 2.34. The Morgan fingerprint density at radius 3 is 2.24 bits per heavy atom. The Morgan fingerprint density at radius 1 is 0.842 bits per heavy atom. The van der Waals surface area contributed by atoms with Gasteiger partial charge in [-0.25, -0.2) is 13.8 Å². The number of benzene rings is 1. The van der Waals surface area contributed by atoms with Crippen LogP contribution in [0.25, 0.3) is 11.2 Å². The molecule has 0 amide bonds. The van der Waals surface area contributed by atoms with Gasteiger partial charge in [0.15, 0.2) is 17.0 Å². The van der Waals surface area contributed by atoms with Crippen LogP contribution in [0.5, 0.6) is 0 Å². The number of piperidine rings is 1. The molecule has 6 rings (SSSR count). The Labute approximate surface area is 222 Å². The number of imidazole rings is 1. The largest absolute Gasteiger partial charge is 0.365 e. The molecule has 1 aliphatic heterocycles. The van der Waals surface area contributed by atoms with Crippen molar-refractivity contribution in [3.63, 3.8) is 0 Å². The summed E-state index contributed by atoms with van der Waals surface area (Å²) in [7, 11) is 0. The zero-order valence-electron chi connectivity index (χ0n) is 21.9. The van der Waals surface area contributed by atoms with Gasteiger partial charge in [-0.3, -0.25) is 4.90 Å². The summed E-state index contributed by atoms with van der Waals surface area (Å²) in [6.07, 6.45) is 12.7. The zero-order valence-corrected chi connectivity index (χ0v) is 21.9. The van der Waals surface area contributed by atoms with E-state index in [0.29, 0.717) is 36.2 Å². The van der Waals surface area contributed by atoms with Gasteiger partial charge < -0.3 is 20.9 Å². The van der Waals surface area contributed by atoms with Gasteiger partial charge >= 0.3 is 0 Å². The molecule has 3 heterocycles. The van der Waals surface area contributed by atoms with Crippen molar-refractivity contribution in [2.45, 2.75) is 94.9 Å². The number of hydrogen-bond donors (Lipinski definition) is 3. The Morgan fingerprint density at radius 2 is 1.53 bits per heavy atom. The minimum atomic E-state index is -0.526. The van der Waals surface area contributed by atoms with E-state index in [4.69, 9.17) is 20.7 Å². The quantitative estimate of drug-likeness (QED) is 0.401. The third-order valence-corrected chi connectivity index (χ3v) is 8.50. The Bertz CT molecular complexity index is 1220. The molecule has 0 unspecified atom stereocenters. The molecule has 3 fully saturated rings. The van der Waals surface area contributed by atoms with Crippen LogP contribution in [0.2, 0.25) is 0 Å². The highest BCUT2D eigenvalue weighted by atomic mass is 19.1. The second-order valence-electron chi connectivity index (χ2n) is 11.4. The SMILES string of the molecule is NC1CCC(Nc2nc(NC3CCN(Cc4cc(F)cc(F)c4)CC3)c3ncn(C4CCCC4)c3n2)CC1. The highest BCUT2D eigenvalue weighted by Gasteiger charge is 2.26. The number of rotatable bonds is 7. The minimum Gasteiger partial charge on any atom is -0.365 e. The molecule has 3 aromatic rings. The summed E-state index contributed by atoms with van der Waals surface area (Å²) in [6, 6.07) is 5.07. The van der Waals surface area contributed by atoms with Crippen LogP contribution in [0.3, 0.4) is 0 Å². The predicted octanol–water partition coefficient (Wildman–Crippen LogP) is 4.98. The van der Waals surface area contributed by atoms with Crippen molar-refractivity contribution in [1.82, 2.24) is 24.4 Å². The smallest absolute Gasteiger partial charge is 0.227 e. The van der Waals surface area contributed by atoms with Crippen LogP contribution in [0, 0.1) is 11.6 Å². The van der Waals surface area contributed by atoms with E-state index in [0.717, 1.165) is 87.5 Å². The maximum absolute atomic E-state index is 13.6. The van der Waals surface area contributed by atoms with Crippen LogP contribution in [-0.4, -0.2) is 55.6 Å². The van der Waals surface area contributed by atoms with Crippen molar-refractivity contribution >= 4 is 22.9 Å². The normalized spacial score (nSPS) is 23.8. The van der Waals surface area contributed by atoms with Crippen molar-refractivity contribution in [2.75, 3.05) is 23.7 Å². The first-order chi connectivity index (χ1) is 18.5. The maximum atomic E-state index is 13.6. The van der Waals surface area contributed by atoms with Crippen molar-refractivity contribution in [2.24, 2.45) is 5.73 Å². The monoisotopic (exact) mass is 524 g/mol. The van der Waals surface area contributed by atoms with Crippen LogP contribution < -0.4 is 16.4 Å². The van der Waals surface area contributed by atoms with Gasteiger partial charge in [0.1, 0.15) is 11.6 Å². The first-order valence-corrected chi connectivity index (χ1v) is 14.2. The Kier molecular flexibility index (Phi) is 7.43. The van der Waals surface area contributed by atoms with Crippen LogP contribution in [0.4, 0.5) is 20.5 Å². The molecule has 4 N–H and O–H groups in total. The molecule has 38 heavy (non-hydrogen) atoms. The van der Waals surface area contributed by atoms with Crippen LogP contribution in [-0.2, 0) is 6.54 Å². The van der Waals surface area contributed by atoms with Gasteiger partial charge in [-0.2, -0.15) is 9.97 Å². The molecule has 0 spiro atoms. The summed E-state index contributed by atoms with van der Waals surface area (Å²) in [4.78, 5) is 16.9. The minimum absolute atomic E-state index is 0.241. The number of nitrogens with one attached hydrogen (secondary N) is 2. The third kappa shape index (κ3) is 5.76. The summed E-state index contributed by atoms with van der Waals surface area (Å²) in [5, 5.41) is 7.28. The van der Waals surface area contributed by atoms with E-state index >= 15 is 0 Å². The second kappa shape index (κ2) is 11.1. The molecular weight excluding hydrogens is 486 g/mol. The van der Waals surface area contributed by atoms with E-state index in [1.54, 1.807) is 0 Å². The molecule has 0 radical (unpaired) electrons. The summed E-state index contributed by atoms with van der Waals surface area (Å²) in [5.41, 5.74) is 8.51. The number of fused-ring (bicyclic) bond motifs is 1. The number of nitrogens with zero attached hydrogens (tertiary/aromatic N) is 5. The summed E-state index contributed by atoms with van der Waals surface area (Å²) in [5.74, 6) is 0.391. The van der Waals surface area contributed by atoms with E-state index in [2.05, 4.69) is 20.1 Å². The van der Waals surface area contributed by atoms with Crippen LogP contribution in [0.1, 0.15) is 75.8 Å². The lowest BCUT2D eigenvalue weighted by atomic mass is 9.92. The van der Waals surface area contributed by atoms with E-state index in [9.17, 15) is 8.78 Å². The summed E-state index contributed by atoms with van der Waals surface area (Å²) < 4.78 is 29.5. The standard InChI is InChI=1S/C28H38F2N8/c29-19-13-18(14-20(30)15-19)16-37-11-9-23(10-12-37)33-26-25-27(38(17-32-25)24-3-1-2-4-24)36-28(35-26)34-22-7-5-21(31)6-8-22/h13-15,17,21-24H,1-12,16,31H2,(H2,33,34,35,36). The molecule has 0 bridgehead atoms. The highest BCUT2D eigenvalue weighted by molar-refractivity contribution is 5.84. The van der Waals surface area contributed by atoms with Crippen molar-refractivity contribution < 1.29 is 8.78 Å². The average Bonchev–Trinajstić information content (AvgIpc) is 3.56. The fourth-order valence-corrected chi connectivity index (χ4v) is 6.37. The predicted molar refractivity (Wildman–Crippen MR) is 145 cm³/mol. The molecule has 1 aromatic carbocycles. The van der Waals surface area contributed by atoms with Gasteiger partial charge in [-0.15, -0.1) is 0 Å². The molecular formula is C28H38F2N8. The van der Waals surface area contributed by atoms with Gasteiger partial charge in [0.25, 0.3) is 0 Å². The van der Waals surface area contributed by atoms with Gasteiger partial charge in [0.2, 0.25) is 5.95 Å². The van der Waals surface area contributed by atoms with Gasteiger partial charge in [0.05, 0.1) is 6.33 Å². The fourth-order valence-electron chi connectivity index (χ4n) is 6.37. The van der Waals surface area contributed by atoms with E-state index in [1.807, 2.05) is 6.33 Å². The molecule has 8 nitrogen and oxygen atoms in total. The maximum Gasteiger partial charge on any atom is 0.227 e. The number of anilines is 2. The first kappa shape index (κ1) is 25.4. The second-order valence-corrected chi connectivity index (χ2v) is 11.4. The van der Waals surface area contributed by atoms with Crippen molar-refractivity contribution in [3.8, 4) is 0 Å². The van der Waals surface area contributed by atoms with E-state index < -0.39 is 11.6 Å². The topological polar surface area (TPSA) is 96.9 Å². The van der Waals surface area contributed by atoms with Gasteiger partial charge in [0, 0.05) is 49.9 Å². The lowest BCUT2D eigenvalue weighted by molar-refractivity contribution is 0.211. The lowest BCUT2D eigenvalue weighted by Crippen LogP contribution is -2.39. The van der Waals surface area contributed by atoms with Gasteiger partial charge in [-0.05, 0) is 69.1 Å². The summed E-state index contributed by atoms with van der Waals surface area (Å²) >= 11 is 0. The number of nitrogens with two attached hydrogens (primary N) is 1. The first-order valence-electron chi connectivity index (χ1n) is 14.2. The molecule has 204 valence electrons. The average molecular weight is 525 g/mol. The zero-order chi connectivity index (χ0) is 26.1. The Balaban J connectivity index is 1.17. The van der Waals surface area contributed by atoms with Crippen molar-refractivity contribution in [3.05, 3.63) is 41.7 Å². The van der Waals surface area contributed by atoms with Gasteiger partial charge in [-0.1, -0.05) is 12.8 Å². The molecule has 3 aliphatic rings. The van der Waals surface area contributed by atoms with Crippen LogP contribution >= 0.6 is 0 Å². The number of aromatic nitrogens is 4. The Hall–Kier alpha value is -2.85. The third-order valence-electron chi connectivity index (χ3n) is 8.50. The number of halogens is 2. The number of hydrogen-bond acceptors (Lipinski definition) is 7. The fraction of sp³-hybridized carbons (Fsp3) is 0.607. The molecule has 10 heteroatoms. The van der Waals surface area contributed by atoms with E-state index in [1.165, 1.54) is 25.0 Å². The molecule has 2 saturated carbocycles. The summed E-state index contributed by atoms with van der Waals surface area (Å²) in [6.45, 7) is 2.23. The van der Waals surface area contributed by atoms with E-state index in [-0.39, 0.29) is 6.04 Å². The van der Waals surface area contributed by atoms with Crippen molar-refractivity contribution in [1.29, 1.82) is 0 Å². The molecule has 2 aromatic heterocycles. The number of likely N-dealkylation sites (tertiary alicyclic amines) is 1. The lowest BCUT2D eigenvalue weighted by Gasteiger charge is -2.32. The molecule has 2 aliphatic carbocycles. The van der Waals surface area contributed by atoms with Crippen LogP contribution in [0.15, 0.2) is 24.5 Å². The molecule has 0 atom stereocenters. The molecule has 1 saturated heterocycles.